The van der Waals surface area contributed by atoms with E-state index in [-0.39, 0.29) is 12.8 Å². The van der Waals surface area contributed by atoms with Crippen molar-refractivity contribution in [2.24, 2.45) is 0 Å². The molecule has 0 aliphatic carbocycles. The van der Waals surface area contributed by atoms with Gasteiger partial charge in [0, 0.05) is 12.8 Å². The van der Waals surface area contributed by atoms with Crippen LogP contribution in [-0.2, 0) is 41.8 Å². The molecule has 62 heavy (non-hydrogen) atoms. The number of phosphoric acid groups is 2. The molecular weight excluding hydrogens is 838 g/mol. The Morgan fingerprint density at radius 2 is 1.03 bits per heavy atom. The van der Waals surface area contributed by atoms with E-state index in [0.29, 0.717) is 32.1 Å². The third kappa shape index (κ3) is 44.4. The average Bonchev–Trinajstić information content (AvgIpc) is 3.23. The van der Waals surface area contributed by atoms with E-state index in [1.165, 1.54) is 77.0 Å². The largest absolute Gasteiger partial charge is 0.472 e. The van der Waals surface area contributed by atoms with Crippen molar-refractivity contribution in [3.05, 3.63) is 60.8 Å². The number of unbranched alkanes of at least 4 members (excludes halogenated alkanes) is 17. The first-order valence-electron chi connectivity index (χ1n) is 23.1. The van der Waals surface area contributed by atoms with Crippen LogP contribution >= 0.6 is 15.6 Å². The maximum Gasteiger partial charge on any atom is 0.472 e. The third-order valence-corrected chi connectivity index (χ3v) is 10.9. The van der Waals surface area contributed by atoms with Crippen molar-refractivity contribution in [1.82, 2.24) is 0 Å². The molecule has 14 nitrogen and oxygen atoms in total. The van der Waals surface area contributed by atoms with Crippen LogP contribution < -0.4 is 0 Å². The molecule has 0 saturated heterocycles. The predicted molar refractivity (Wildman–Crippen MR) is 245 cm³/mol. The van der Waals surface area contributed by atoms with Gasteiger partial charge in [0.2, 0.25) is 0 Å². The summed E-state index contributed by atoms with van der Waals surface area (Å²) in [5.41, 5.74) is 0. The number of carbonyl (C=O) groups excluding carboxylic acids is 2. The fourth-order valence-electron chi connectivity index (χ4n) is 5.89. The van der Waals surface area contributed by atoms with Gasteiger partial charge in [-0.3, -0.25) is 23.2 Å². The normalized spacial score (nSPS) is 15.0. The molecule has 0 aliphatic heterocycles. The number of aliphatic hydroxyl groups is 2. The smallest absolute Gasteiger partial charge is 0.462 e. The molecule has 0 saturated carbocycles. The van der Waals surface area contributed by atoms with Crippen molar-refractivity contribution in [3.63, 3.8) is 0 Å². The van der Waals surface area contributed by atoms with Crippen LogP contribution in [-0.4, -0.2) is 81.6 Å². The van der Waals surface area contributed by atoms with Crippen LogP contribution in [0.25, 0.3) is 0 Å². The molecule has 0 rings (SSSR count). The monoisotopic (exact) mass is 921 g/mol. The summed E-state index contributed by atoms with van der Waals surface area (Å²) in [4.78, 5) is 52.7. The lowest BCUT2D eigenvalue weighted by Crippen LogP contribution is -2.29. The molecule has 5 N–H and O–H groups in total. The van der Waals surface area contributed by atoms with Gasteiger partial charge in [-0.05, 0) is 70.6 Å². The zero-order valence-corrected chi connectivity index (χ0v) is 39.6. The predicted octanol–water partition coefficient (Wildman–Crippen LogP) is 11.0. The Morgan fingerprint density at radius 1 is 0.532 bits per heavy atom. The summed E-state index contributed by atoms with van der Waals surface area (Å²) < 4.78 is 47.7. The van der Waals surface area contributed by atoms with Gasteiger partial charge in [0.1, 0.15) is 12.7 Å². The van der Waals surface area contributed by atoms with Crippen molar-refractivity contribution in [2.45, 2.75) is 193 Å². The topological polar surface area (TPSA) is 216 Å². The molecule has 1 unspecified atom stereocenters. The summed E-state index contributed by atoms with van der Waals surface area (Å²) in [7, 11) is -9.72. The SMILES string of the molecule is CCCCC/C=C\C=C/[C@H](O)C/C=C\C/C=C/CCCC(=O)O[C@H](COC(=O)CCCCCCCCC/C=C\CCCCCCCC)COP(=O)(O)OC[C@@H](O)COP(=O)(O)O. The Balaban J connectivity index is 4.64. The summed E-state index contributed by atoms with van der Waals surface area (Å²) in [6.07, 6.45) is 40.9. The van der Waals surface area contributed by atoms with E-state index >= 15 is 0 Å². The van der Waals surface area contributed by atoms with E-state index in [2.05, 4.69) is 41.1 Å². The number of aliphatic hydroxyl groups excluding tert-OH is 2. The Kier molecular flexibility index (Phi) is 40.0. The number of phosphoric ester groups is 2. The molecule has 0 bridgehead atoms. The lowest BCUT2D eigenvalue weighted by atomic mass is 10.1. The molecule has 16 heteroatoms. The Hall–Kier alpha value is -2.22. The summed E-state index contributed by atoms with van der Waals surface area (Å²) >= 11 is 0. The van der Waals surface area contributed by atoms with Crippen LogP contribution in [0.4, 0.5) is 0 Å². The number of hydrogen-bond donors (Lipinski definition) is 5. The molecule has 0 aliphatic rings. The molecular formula is C46H82O14P2. The number of ether oxygens (including phenoxy) is 2. The second kappa shape index (κ2) is 41.5. The van der Waals surface area contributed by atoms with Crippen molar-refractivity contribution in [3.8, 4) is 0 Å². The highest BCUT2D eigenvalue weighted by atomic mass is 31.2. The van der Waals surface area contributed by atoms with Crippen molar-refractivity contribution < 1.29 is 66.7 Å². The first kappa shape index (κ1) is 59.8. The van der Waals surface area contributed by atoms with Crippen LogP contribution in [0.2, 0.25) is 0 Å². The Bertz CT molecular complexity index is 1340. The third-order valence-electron chi connectivity index (χ3n) is 9.45. The summed E-state index contributed by atoms with van der Waals surface area (Å²) in [6, 6.07) is 0. The van der Waals surface area contributed by atoms with E-state index in [9.17, 15) is 33.8 Å². The number of carbonyl (C=O) groups is 2. The maximum absolute atomic E-state index is 12.7. The minimum Gasteiger partial charge on any atom is -0.462 e. The molecule has 0 heterocycles. The van der Waals surface area contributed by atoms with E-state index in [4.69, 9.17) is 23.8 Å². The second-order valence-electron chi connectivity index (χ2n) is 15.5. The lowest BCUT2D eigenvalue weighted by Gasteiger charge is -2.20. The number of esters is 2. The number of hydrogen-bond acceptors (Lipinski definition) is 11. The van der Waals surface area contributed by atoms with Gasteiger partial charge in [-0.25, -0.2) is 9.13 Å². The minimum atomic E-state index is -4.88. The van der Waals surface area contributed by atoms with Gasteiger partial charge < -0.3 is 34.4 Å². The highest BCUT2D eigenvalue weighted by Gasteiger charge is 2.28. The molecule has 0 amide bonds. The quantitative estimate of drug-likeness (QED) is 0.0126. The highest BCUT2D eigenvalue weighted by molar-refractivity contribution is 7.47. The van der Waals surface area contributed by atoms with Gasteiger partial charge in [-0.1, -0.05) is 152 Å². The van der Waals surface area contributed by atoms with Crippen LogP contribution in [0.1, 0.15) is 174 Å². The average molecular weight is 921 g/mol. The molecule has 0 aromatic rings. The number of allylic oxidation sites excluding steroid dienone is 8. The molecule has 0 fully saturated rings. The van der Waals surface area contributed by atoms with Gasteiger partial charge in [-0.15, -0.1) is 0 Å². The zero-order chi connectivity index (χ0) is 46.0. The van der Waals surface area contributed by atoms with Gasteiger partial charge in [0.05, 0.1) is 25.9 Å². The summed E-state index contributed by atoms with van der Waals surface area (Å²) in [6.45, 7) is 1.58. The molecule has 0 aromatic heterocycles. The number of rotatable bonds is 43. The van der Waals surface area contributed by atoms with Crippen LogP contribution in [0, 0.1) is 0 Å². The molecule has 4 atom stereocenters. The Labute approximate surface area is 373 Å². The maximum atomic E-state index is 12.7. The van der Waals surface area contributed by atoms with E-state index in [0.717, 1.165) is 38.5 Å². The van der Waals surface area contributed by atoms with Crippen LogP contribution in [0.5, 0.6) is 0 Å². The van der Waals surface area contributed by atoms with Crippen LogP contribution in [0.3, 0.4) is 0 Å². The Morgan fingerprint density at radius 3 is 1.69 bits per heavy atom. The van der Waals surface area contributed by atoms with Crippen molar-refractivity contribution in [1.29, 1.82) is 0 Å². The molecule has 0 radical (unpaired) electrons. The first-order chi connectivity index (χ1) is 29.8. The summed E-state index contributed by atoms with van der Waals surface area (Å²) in [5, 5.41) is 19.8. The fraction of sp³-hybridized carbons (Fsp3) is 0.739. The molecule has 360 valence electrons. The first-order valence-corrected chi connectivity index (χ1v) is 26.1. The minimum absolute atomic E-state index is 0.0191. The van der Waals surface area contributed by atoms with Gasteiger partial charge in [-0.2, -0.15) is 0 Å². The van der Waals surface area contributed by atoms with Gasteiger partial charge >= 0.3 is 27.6 Å². The zero-order valence-electron chi connectivity index (χ0n) is 37.8. The van der Waals surface area contributed by atoms with Crippen molar-refractivity contribution in [2.75, 3.05) is 26.4 Å². The second-order valence-corrected chi connectivity index (χ2v) is 18.2. The van der Waals surface area contributed by atoms with Crippen molar-refractivity contribution >= 4 is 27.6 Å². The van der Waals surface area contributed by atoms with Crippen LogP contribution in [0.15, 0.2) is 60.8 Å². The van der Waals surface area contributed by atoms with Gasteiger partial charge in [0.15, 0.2) is 6.10 Å². The van der Waals surface area contributed by atoms with E-state index in [1.54, 1.807) is 6.08 Å². The van der Waals surface area contributed by atoms with Gasteiger partial charge in [0.25, 0.3) is 0 Å². The standard InChI is InChI=1S/C46H82O14P2/c1-3-5-7-9-11-12-13-14-15-16-17-18-19-20-24-28-32-36-45(49)56-40-44(41-59-62(54,55)58-39-43(48)38-57-61(51,52)53)60-46(50)37-33-29-25-21-23-27-31-35-42(47)34-30-26-22-10-8-6-4-2/h14-15,21-22,25-27,30-31,34,42-44,47-48H,3-13,16-20,23-24,28-29,32-33,35-41H2,1-2H3,(H,54,55)(H2,51,52,53)/b15-14-,25-21+,26-22-,31-27-,34-30-/t42-,43-,44+/m0/s1. The fourth-order valence-corrected chi connectivity index (χ4v) is 7.04. The van der Waals surface area contributed by atoms with E-state index in [1.807, 2.05) is 36.5 Å². The summed E-state index contributed by atoms with van der Waals surface area (Å²) in [5.74, 6) is -1.14. The molecule has 0 spiro atoms. The lowest BCUT2D eigenvalue weighted by molar-refractivity contribution is -0.161. The highest BCUT2D eigenvalue weighted by Crippen LogP contribution is 2.43. The molecule has 0 aromatic carbocycles. The van der Waals surface area contributed by atoms with E-state index < -0.39 is 72.3 Å².